The second-order valence-electron chi connectivity index (χ2n) is 6.55. The fourth-order valence-electron chi connectivity index (χ4n) is 2.77. The molecular formula is C20H21F2N7O. The van der Waals surface area contributed by atoms with Crippen molar-refractivity contribution < 1.29 is 13.5 Å². The molecule has 0 saturated carbocycles. The Morgan fingerprint density at radius 1 is 1.20 bits per heavy atom. The highest BCUT2D eigenvalue weighted by atomic mass is 19.3. The van der Waals surface area contributed by atoms with Crippen LogP contribution in [0.25, 0.3) is 17.0 Å². The molecule has 0 N–H and O–H groups in total. The van der Waals surface area contributed by atoms with Crippen LogP contribution in [-0.2, 0) is 7.05 Å². The first-order valence-corrected chi connectivity index (χ1v) is 9.10. The fraction of sp³-hybridized carbons (Fsp3) is 0.300. The van der Waals surface area contributed by atoms with Crippen LogP contribution in [0.3, 0.4) is 0 Å². The van der Waals surface area contributed by atoms with E-state index in [1.54, 1.807) is 17.7 Å². The molecule has 0 fully saturated rings. The largest absolute Gasteiger partial charge is 0.472 e. The fourth-order valence-corrected chi connectivity index (χ4v) is 2.77. The van der Waals surface area contributed by atoms with E-state index >= 15 is 0 Å². The molecular weight excluding hydrogens is 392 g/mol. The van der Waals surface area contributed by atoms with Crippen molar-refractivity contribution in [3.05, 3.63) is 59.2 Å². The maximum atomic E-state index is 12.7. The number of pyridine rings is 1. The molecule has 0 aromatic carbocycles. The van der Waals surface area contributed by atoms with Crippen LogP contribution in [0.5, 0.6) is 5.88 Å². The van der Waals surface area contributed by atoms with Crippen LogP contribution < -0.4 is 4.74 Å². The van der Waals surface area contributed by atoms with E-state index in [9.17, 15) is 8.78 Å². The SMILES string of the molecule is C/N=N\C(=C(/C)COc1ccc(-c2cn(C)nc2C)nn1)c1ccc(C(F)F)cn1. The van der Waals surface area contributed by atoms with E-state index in [0.717, 1.165) is 17.5 Å². The lowest BCUT2D eigenvalue weighted by Crippen LogP contribution is -2.04. The zero-order chi connectivity index (χ0) is 21.7. The molecule has 0 aliphatic heterocycles. The quantitative estimate of drug-likeness (QED) is 0.535. The summed E-state index contributed by atoms with van der Waals surface area (Å²) in [7, 11) is 3.37. The van der Waals surface area contributed by atoms with Crippen molar-refractivity contribution >= 4 is 5.70 Å². The average Bonchev–Trinajstić information content (AvgIpc) is 3.08. The number of rotatable bonds is 7. The molecule has 0 radical (unpaired) electrons. The van der Waals surface area contributed by atoms with Gasteiger partial charge in [-0.1, -0.05) is 0 Å². The second kappa shape index (κ2) is 9.29. The van der Waals surface area contributed by atoms with Crippen LogP contribution >= 0.6 is 0 Å². The van der Waals surface area contributed by atoms with Crippen molar-refractivity contribution in [3.63, 3.8) is 0 Å². The van der Waals surface area contributed by atoms with E-state index in [0.29, 0.717) is 28.5 Å². The molecule has 3 aromatic heterocycles. The highest BCUT2D eigenvalue weighted by Gasteiger charge is 2.12. The Labute approximate surface area is 172 Å². The summed E-state index contributed by atoms with van der Waals surface area (Å²) < 4.78 is 32.9. The lowest BCUT2D eigenvalue weighted by Gasteiger charge is -2.09. The summed E-state index contributed by atoms with van der Waals surface area (Å²) >= 11 is 0. The molecule has 0 aliphatic carbocycles. The van der Waals surface area contributed by atoms with Gasteiger partial charge in [0.15, 0.2) is 0 Å². The van der Waals surface area contributed by atoms with Crippen LogP contribution in [0, 0.1) is 6.92 Å². The first-order valence-electron chi connectivity index (χ1n) is 9.10. The zero-order valence-electron chi connectivity index (χ0n) is 17.0. The van der Waals surface area contributed by atoms with Crippen molar-refractivity contribution in [2.45, 2.75) is 20.3 Å². The van der Waals surface area contributed by atoms with Gasteiger partial charge in [0.05, 0.1) is 17.1 Å². The van der Waals surface area contributed by atoms with E-state index in [4.69, 9.17) is 4.74 Å². The van der Waals surface area contributed by atoms with Crippen LogP contribution in [0.2, 0.25) is 0 Å². The van der Waals surface area contributed by atoms with Gasteiger partial charge >= 0.3 is 0 Å². The number of hydrogen-bond donors (Lipinski definition) is 0. The van der Waals surface area contributed by atoms with Crippen molar-refractivity contribution in [2.24, 2.45) is 17.3 Å². The molecule has 0 unspecified atom stereocenters. The van der Waals surface area contributed by atoms with Crippen molar-refractivity contribution in [1.82, 2.24) is 25.0 Å². The maximum absolute atomic E-state index is 12.7. The third-order valence-corrected chi connectivity index (χ3v) is 4.25. The molecule has 3 aromatic rings. The van der Waals surface area contributed by atoms with E-state index in [1.165, 1.54) is 19.2 Å². The number of ether oxygens (including phenoxy) is 1. The maximum Gasteiger partial charge on any atom is 0.265 e. The molecule has 0 atom stereocenters. The lowest BCUT2D eigenvalue weighted by atomic mass is 10.1. The Bertz CT molecular complexity index is 1060. The Balaban J connectivity index is 1.75. The number of halogens is 2. The molecule has 156 valence electrons. The van der Waals surface area contributed by atoms with Gasteiger partial charge in [-0.05, 0) is 37.6 Å². The number of azo groups is 1. The average molecular weight is 413 g/mol. The summed E-state index contributed by atoms with van der Waals surface area (Å²) in [6.45, 7) is 3.86. The van der Waals surface area contributed by atoms with E-state index < -0.39 is 6.43 Å². The molecule has 0 aliphatic rings. The minimum absolute atomic E-state index is 0.153. The molecule has 8 nitrogen and oxygen atoms in total. The Hall–Kier alpha value is -3.56. The lowest BCUT2D eigenvalue weighted by molar-refractivity contribution is 0.151. The predicted molar refractivity (Wildman–Crippen MR) is 107 cm³/mol. The van der Waals surface area contributed by atoms with Gasteiger partial charge in [0.1, 0.15) is 12.3 Å². The first-order chi connectivity index (χ1) is 14.4. The topological polar surface area (TPSA) is 90.4 Å². The zero-order valence-corrected chi connectivity index (χ0v) is 17.0. The molecule has 3 heterocycles. The number of aryl methyl sites for hydroxylation is 2. The molecule has 3 rings (SSSR count). The van der Waals surface area contributed by atoms with E-state index in [2.05, 4.69) is 30.5 Å². The minimum atomic E-state index is -2.58. The van der Waals surface area contributed by atoms with Crippen molar-refractivity contribution in [3.8, 4) is 17.1 Å². The molecule has 0 amide bonds. The Morgan fingerprint density at radius 2 is 2.00 bits per heavy atom. The molecule has 30 heavy (non-hydrogen) atoms. The second-order valence-corrected chi connectivity index (χ2v) is 6.55. The van der Waals surface area contributed by atoms with Crippen LogP contribution in [0.4, 0.5) is 8.78 Å². The highest BCUT2D eigenvalue weighted by Crippen LogP contribution is 2.24. The van der Waals surface area contributed by atoms with Gasteiger partial charge in [0.2, 0.25) is 5.88 Å². The van der Waals surface area contributed by atoms with E-state index in [1.807, 2.05) is 26.2 Å². The van der Waals surface area contributed by atoms with Gasteiger partial charge in [-0.15, -0.1) is 10.2 Å². The minimum Gasteiger partial charge on any atom is -0.472 e. The van der Waals surface area contributed by atoms with Gasteiger partial charge in [-0.2, -0.15) is 15.3 Å². The van der Waals surface area contributed by atoms with Crippen LogP contribution in [-0.4, -0.2) is 38.6 Å². The monoisotopic (exact) mass is 413 g/mol. The van der Waals surface area contributed by atoms with Gasteiger partial charge in [0.25, 0.3) is 6.43 Å². The van der Waals surface area contributed by atoms with Crippen LogP contribution in [0.1, 0.15) is 30.3 Å². The predicted octanol–water partition coefficient (Wildman–Crippen LogP) is 4.41. The van der Waals surface area contributed by atoms with Gasteiger partial charge in [0, 0.05) is 43.7 Å². The summed E-state index contributed by atoms with van der Waals surface area (Å²) in [6, 6.07) is 6.33. The molecule has 0 spiro atoms. The number of aromatic nitrogens is 5. The summed E-state index contributed by atoms with van der Waals surface area (Å²) in [5, 5.41) is 20.5. The number of alkyl halides is 2. The molecule has 0 bridgehead atoms. The Kier molecular flexibility index (Phi) is 6.55. The molecule has 0 saturated heterocycles. The Morgan fingerprint density at radius 3 is 2.53 bits per heavy atom. The van der Waals surface area contributed by atoms with Crippen molar-refractivity contribution in [1.29, 1.82) is 0 Å². The summed E-state index contributed by atoms with van der Waals surface area (Å²) in [6.07, 6.45) is 0.429. The standard InChI is InChI=1S/C20H21F2N7O/c1-12(19(27-23-3)17-6-5-14(9-24-17)20(21)22)11-30-18-8-7-16(25-26-18)15-10-29(4)28-13(15)2/h5-10,20H,11H2,1-4H3/b19-12+,27-23-. The third-order valence-electron chi connectivity index (χ3n) is 4.25. The summed E-state index contributed by atoms with van der Waals surface area (Å²) in [5.41, 5.74) is 3.90. The number of nitrogens with zero attached hydrogens (tertiary/aromatic N) is 7. The molecule has 10 heteroatoms. The van der Waals surface area contributed by atoms with Crippen molar-refractivity contribution in [2.75, 3.05) is 13.7 Å². The highest BCUT2D eigenvalue weighted by molar-refractivity contribution is 5.64. The van der Waals surface area contributed by atoms with Gasteiger partial charge < -0.3 is 4.74 Å². The third kappa shape index (κ3) is 4.88. The normalized spacial score (nSPS) is 12.5. The van der Waals surface area contributed by atoms with E-state index in [-0.39, 0.29) is 12.2 Å². The van der Waals surface area contributed by atoms with Gasteiger partial charge in [-0.3, -0.25) is 9.67 Å². The number of hydrogen-bond acceptors (Lipinski definition) is 7. The first kappa shape index (κ1) is 21.2. The van der Waals surface area contributed by atoms with Crippen LogP contribution in [0.15, 0.2) is 52.5 Å². The smallest absolute Gasteiger partial charge is 0.265 e. The summed E-state index contributed by atoms with van der Waals surface area (Å²) in [5.74, 6) is 0.341. The summed E-state index contributed by atoms with van der Waals surface area (Å²) in [4.78, 5) is 4.07. The van der Waals surface area contributed by atoms with Gasteiger partial charge in [-0.25, -0.2) is 8.78 Å².